The van der Waals surface area contributed by atoms with Crippen LogP contribution in [0.3, 0.4) is 0 Å². The molecule has 6 heteroatoms. The second-order valence-electron chi connectivity index (χ2n) is 5.10. The standard InChI is InChI=1S/C14H17N3OS2/c1-9(2)7-15-14-16-13(17-20-14)11-8-19-12-6-4-3-5-10(12)18-11/h3-6,9,11H,7-8H2,1-2H3,(H,15,16,17). The lowest BCUT2D eigenvalue weighted by molar-refractivity contribution is 0.212. The molecule has 0 radical (unpaired) electrons. The summed E-state index contributed by atoms with van der Waals surface area (Å²) < 4.78 is 10.4. The van der Waals surface area contributed by atoms with Gasteiger partial charge in [-0.1, -0.05) is 26.0 Å². The molecule has 0 spiro atoms. The van der Waals surface area contributed by atoms with Gasteiger partial charge in [-0.15, -0.1) is 11.8 Å². The zero-order chi connectivity index (χ0) is 13.9. The molecule has 106 valence electrons. The molecule has 1 atom stereocenters. The summed E-state index contributed by atoms with van der Waals surface area (Å²) in [6.07, 6.45) is -0.0549. The van der Waals surface area contributed by atoms with E-state index in [0.29, 0.717) is 5.92 Å². The van der Waals surface area contributed by atoms with Gasteiger partial charge in [0.2, 0.25) is 5.13 Å². The molecule has 1 aliphatic rings. The van der Waals surface area contributed by atoms with Crippen LogP contribution in [0.25, 0.3) is 0 Å². The van der Waals surface area contributed by atoms with Crippen molar-refractivity contribution in [1.29, 1.82) is 0 Å². The third-order valence-corrected chi connectivity index (χ3v) is 4.70. The Morgan fingerprint density at radius 3 is 3.10 bits per heavy atom. The molecule has 1 unspecified atom stereocenters. The lowest BCUT2D eigenvalue weighted by Crippen LogP contribution is -2.16. The number of benzene rings is 1. The number of ether oxygens (including phenoxy) is 1. The third kappa shape index (κ3) is 3.07. The monoisotopic (exact) mass is 307 g/mol. The van der Waals surface area contributed by atoms with Crippen LogP contribution in [-0.2, 0) is 0 Å². The highest BCUT2D eigenvalue weighted by Crippen LogP contribution is 2.39. The molecule has 3 rings (SSSR count). The Morgan fingerprint density at radius 1 is 1.40 bits per heavy atom. The van der Waals surface area contributed by atoms with Crippen molar-refractivity contribution in [1.82, 2.24) is 9.36 Å². The topological polar surface area (TPSA) is 47.0 Å². The summed E-state index contributed by atoms with van der Waals surface area (Å²) in [6, 6.07) is 8.11. The Balaban J connectivity index is 1.69. The first-order valence-corrected chi connectivity index (χ1v) is 8.44. The molecule has 2 heterocycles. The van der Waals surface area contributed by atoms with Crippen LogP contribution >= 0.6 is 23.3 Å². The molecule has 1 aromatic heterocycles. The Morgan fingerprint density at radius 2 is 2.25 bits per heavy atom. The van der Waals surface area contributed by atoms with Crippen molar-refractivity contribution >= 4 is 28.4 Å². The first kappa shape index (κ1) is 13.7. The molecule has 0 amide bonds. The summed E-state index contributed by atoms with van der Waals surface area (Å²) in [4.78, 5) is 5.73. The summed E-state index contributed by atoms with van der Waals surface area (Å²) in [6.45, 7) is 5.26. The number of hydrogen-bond donors (Lipinski definition) is 1. The van der Waals surface area contributed by atoms with Gasteiger partial charge in [-0.3, -0.25) is 0 Å². The third-order valence-electron chi connectivity index (χ3n) is 2.90. The second-order valence-corrected chi connectivity index (χ2v) is 6.91. The first-order chi connectivity index (χ1) is 9.72. The zero-order valence-corrected chi connectivity index (χ0v) is 13.1. The lowest BCUT2D eigenvalue weighted by Gasteiger charge is -2.23. The molecule has 0 bridgehead atoms. The van der Waals surface area contributed by atoms with Gasteiger partial charge < -0.3 is 10.1 Å². The number of nitrogens with one attached hydrogen (secondary N) is 1. The minimum absolute atomic E-state index is 0.0549. The van der Waals surface area contributed by atoms with Crippen molar-refractivity contribution < 1.29 is 4.74 Å². The molecule has 0 saturated heterocycles. The maximum Gasteiger partial charge on any atom is 0.202 e. The smallest absolute Gasteiger partial charge is 0.202 e. The predicted molar refractivity (Wildman–Crippen MR) is 83.8 cm³/mol. The van der Waals surface area contributed by atoms with Crippen LogP contribution < -0.4 is 10.1 Å². The maximum atomic E-state index is 5.99. The van der Waals surface area contributed by atoms with E-state index in [4.69, 9.17) is 4.74 Å². The molecule has 1 aromatic carbocycles. The predicted octanol–water partition coefficient (Wildman–Crippen LogP) is 3.83. The second kappa shape index (κ2) is 6.01. The van der Waals surface area contributed by atoms with E-state index in [1.807, 2.05) is 18.2 Å². The normalized spacial score (nSPS) is 17.6. The minimum atomic E-state index is -0.0549. The molecule has 20 heavy (non-hydrogen) atoms. The van der Waals surface area contributed by atoms with E-state index >= 15 is 0 Å². The number of hydrogen-bond acceptors (Lipinski definition) is 6. The van der Waals surface area contributed by atoms with Crippen molar-refractivity contribution in [3.05, 3.63) is 30.1 Å². The summed E-state index contributed by atoms with van der Waals surface area (Å²) >= 11 is 3.20. The van der Waals surface area contributed by atoms with Gasteiger partial charge >= 0.3 is 0 Å². The average molecular weight is 307 g/mol. The highest BCUT2D eigenvalue weighted by atomic mass is 32.2. The summed E-state index contributed by atoms with van der Waals surface area (Å²) in [5.41, 5.74) is 0. The molecule has 4 nitrogen and oxygen atoms in total. The van der Waals surface area contributed by atoms with Crippen LogP contribution in [0.2, 0.25) is 0 Å². The van der Waals surface area contributed by atoms with Gasteiger partial charge in [-0.25, -0.2) is 0 Å². The summed E-state index contributed by atoms with van der Waals surface area (Å²) in [7, 11) is 0. The molecular formula is C14H17N3OS2. The van der Waals surface area contributed by atoms with Gasteiger partial charge in [0.25, 0.3) is 0 Å². The van der Waals surface area contributed by atoms with Crippen molar-refractivity contribution in [2.24, 2.45) is 5.92 Å². The summed E-state index contributed by atoms with van der Waals surface area (Å²) in [5.74, 6) is 3.16. The van der Waals surface area contributed by atoms with Crippen molar-refractivity contribution in [2.45, 2.75) is 24.8 Å². The Hall–Kier alpha value is -1.27. The number of nitrogens with zero attached hydrogens (tertiary/aromatic N) is 2. The van der Waals surface area contributed by atoms with Crippen molar-refractivity contribution in [3.63, 3.8) is 0 Å². The van der Waals surface area contributed by atoms with Gasteiger partial charge in [0.05, 0.1) is 0 Å². The SMILES string of the molecule is CC(C)CNc1nc(C2CSc3ccccc3O2)ns1. The highest BCUT2D eigenvalue weighted by Gasteiger charge is 2.25. The molecule has 0 fully saturated rings. The molecule has 0 aliphatic carbocycles. The van der Waals surface area contributed by atoms with Crippen LogP contribution in [0.4, 0.5) is 5.13 Å². The first-order valence-electron chi connectivity index (χ1n) is 6.68. The number of rotatable bonds is 4. The number of anilines is 1. The molecular weight excluding hydrogens is 290 g/mol. The van der Waals surface area contributed by atoms with Gasteiger partial charge in [-0.2, -0.15) is 9.36 Å². The lowest BCUT2D eigenvalue weighted by atomic mass is 10.2. The minimum Gasteiger partial charge on any atom is -0.480 e. The quantitative estimate of drug-likeness (QED) is 0.930. The zero-order valence-electron chi connectivity index (χ0n) is 11.5. The number of fused-ring (bicyclic) bond motifs is 1. The number of thioether (sulfide) groups is 1. The van der Waals surface area contributed by atoms with Crippen molar-refractivity contribution in [3.8, 4) is 5.75 Å². The Kier molecular flexibility index (Phi) is 4.12. The number of para-hydroxylation sites is 1. The Labute approximate surface area is 127 Å². The van der Waals surface area contributed by atoms with Crippen LogP contribution in [0, 0.1) is 5.92 Å². The Bertz CT molecular complexity index is 585. The van der Waals surface area contributed by atoms with Gasteiger partial charge in [0, 0.05) is 28.7 Å². The van der Waals surface area contributed by atoms with E-state index in [1.165, 1.54) is 16.4 Å². The van der Waals surface area contributed by atoms with Crippen molar-refractivity contribution in [2.75, 3.05) is 17.6 Å². The van der Waals surface area contributed by atoms with E-state index in [-0.39, 0.29) is 6.10 Å². The van der Waals surface area contributed by atoms with Gasteiger partial charge in [0.15, 0.2) is 11.9 Å². The molecule has 0 saturated carbocycles. The maximum absolute atomic E-state index is 5.99. The molecule has 2 aromatic rings. The van der Waals surface area contributed by atoms with Crippen LogP contribution in [0.5, 0.6) is 5.75 Å². The van der Waals surface area contributed by atoms with Crippen LogP contribution in [-0.4, -0.2) is 21.7 Å². The van der Waals surface area contributed by atoms with Crippen LogP contribution in [0.15, 0.2) is 29.2 Å². The van der Waals surface area contributed by atoms with Gasteiger partial charge in [-0.05, 0) is 18.1 Å². The van der Waals surface area contributed by atoms with E-state index in [0.717, 1.165) is 29.0 Å². The van der Waals surface area contributed by atoms with E-state index in [1.54, 1.807) is 11.8 Å². The highest BCUT2D eigenvalue weighted by molar-refractivity contribution is 7.99. The fourth-order valence-corrected chi connectivity index (χ4v) is 3.48. The van der Waals surface area contributed by atoms with Crippen LogP contribution in [0.1, 0.15) is 25.8 Å². The summed E-state index contributed by atoms with van der Waals surface area (Å²) in [5, 5.41) is 4.18. The largest absolute Gasteiger partial charge is 0.480 e. The molecule has 1 N–H and O–H groups in total. The van der Waals surface area contributed by atoms with E-state index < -0.39 is 0 Å². The number of aromatic nitrogens is 2. The van der Waals surface area contributed by atoms with Gasteiger partial charge in [0.1, 0.15) is 5.75 Å². The van der Waals surface area contributed by atoms with E-state index in [9.17, 15) is 0 Å². The average Bonchev–Trinajstić information content (AvgIpc) is 2.93. The fraction of sp³-hybridized carbons (Fsp3) is 0.429. The fourth-order valence-electron chi connectivity index (χ4n) is 1.88. The molecule has 1 aliphatic heterocycles. The van der Waals surface area contributed by atoms with E-state index in [2.05, 4.69) is 34.6 Å².